The molecule has 1 N–H and O–H groups in total. The van der Waals surface area contributed by atoms with E-state index < -0.39 is 17.3 Å². The summed E-state index contributed by atoms with van der Waals surface area (Å²) < 4.78 is 27.2. The Labute approximate surface area is 163 Å². The van der Waals surface area contributed by atoms with Gasteiger partial charge in [0.25, 0.3) is 5.91 Å². The van der Waals surface area contributed by atoms with Crippen LogP contribution in [0, 0.1) is 17.7 Å². The lowest BCUT2D eigenvalue weighted by Gasteiger charge is -2.33. The van der Waals surface area contributed by atoms with Gasteiger partial charge in [0.1, 0.15) is 0 Å². The summed E-state index contributed by atoms with van der Waals surface area (Å²) in [5, 5.41) is 3.51. The Balaban J connectivity index is 1.94. The minimum atomic E-state index is -1.21. The SMILES string of the molecule is CC(C)CC(C)(Cc1ccccc1)NC(=O)c1cccc2cc(F)c(F)nc12. The summed E-state index contributed by atoms with van der Waals surface area (Å²) in [7, 11) is 0. The van der Waals surface area contributed by atoms with E-state index in [2.05, 4.69) is 24.1 Å². The van der Waals surface area contributed by atoms with Crippen LogP contribution in [0.3, 0.4) is 0 Å². The van der Waals surface area contributed by atoms with Crippen LogP contribution in [0.15, 0.2) is 54.6 Å². The fourth-order valence-corrected chi connectivity index (χ4v) is 3.79. The van der Waals surface area contributed by atoms with Crippen LogP contribution >= 0.6 is 0 Å². The molecule has 0 radical (unpaired) electrons. The van der Waals surface area contributed by atoms with Crippen molar-refractivity contribution < 1.29 is 13.6 Å². The molecule has 1 unspecified atom stereocenters. The molecule has 2 aromatic carbocycles. The standard InChI is InChI=1S/C23H24F2N2O/c1-15(2)13-23(3,14-16-8-5-4-6-9-16)27-22(28)18-11-7-10-17-12-19(24)21(25)26-20(17)18/h4-12,15H,13-14H2,1-3H3,(H,27,28). The summed E-state index contributed by atoms with van der Waals surface area (Å²) >= 11 is 0. The van der Waals surface area contributed by atoms with Crippen molar-refractivity contribution >= 4 is 16.8 Å². The van der Waals surface area contributed by atoms with Crippen molar-refractivity contribution in [1.82, 2.24) is 10.3 Å². The van der Waals surface area contributed by atoms with Crippen molar-refractivity contribution in [2.75, 3.05) is 0 Å². The summed E-state index contributed by atoms with van der Waals surface area (Å²) in [5.74, 6) is -2.21. The van der Waals surface area contributed by atoms with E-state index in [1.165, 1.54) is 0 Å². The van der Waals surface area contributed by atoms with Crippen LogP contribution in [-0.4, -0.2) is 16.4 Å². The van der Waals surface area contributed by atoms with Gasteiger partial charge in [-0.2, -0.15) is 4.39 Å². The summed E-state index contributed by atoms with van der Waals surface area (Å²) in [6.45, 7) is 6.22. The number of amides is 1. The minimum Gasteiger partial charge on any atom is -0.346 e. The molecule has 0 bridgehead atoms. The lowest BCUT2D eigenvalue weighted by atomic mass is 9.84. The maximum absolute atomic E-state index is 13.7. The molecule has 0 spiro atoms. The van der Waals surface area contributed by atoms with E-state index in [-0.39, 0.29) is 17.0 Å². The molecule has 1 heterocycles. The zero-order valence-corrected chi connectivity index (χ0v) is 16.3. The van der Waals surface area contributed by atoms with Gasteiger partial charge in [0, 0.05) is 10.9 Å². The molecule has 1 amide bonds. The second-order valence-electron chi connectivity index (χ2n) is 7.91. The monoisotopic (exact) mass is 382 g/mol. The van der Waals surface area contributed by atoms with Gasteiger partial charge in [-0.15, -0.1) is 0 Å². The van der Waals surface area contributed by atoms with Crippen LogP contribution in [0.2, 0.25) is 0 Å². The zero-order chi connectivity index (χ0) is 20.3. The molecule has 0 saturated carbocycles. The van der Waals surface area contributed by atoms with Gasteiger partial charge in [-0.05, 0) is 43.4 Å². The lowest BCUT2D eigenvalue weighted by Crippen LogP contribution is -2.48. The Morgan fingerprint density at radius 3 is 2.50 bits per heavy atom. The quantitative estimate of drug-likeness (QED) is 0.589. The third kappa shape index (κ3) is 4.53. The van der Waals surface area contributed by atoms with E-state index in [4.69, 9.17) is 0 Å². The number of fused-ring (bicyclic) bond motifs is 1. The molecule has 5 heteroatoms. The third-order valence-electron chi connectivity index (χ3n) is 4.71. The molecule has 0 saturated heterocycles. The van der Waals surface area contributed by atoms with Crippen molar-refractivity contribution in [3.05, 3.63) is 77.5 Å². The molecule has 3 aromatic rings. The van der Waals surface area contributed by atoms with Gasteiger partial charge in [0.15, 0.2) is 5.82 Å². The van der Waals surface area contributed by atoms with E-state index in [9.17, 15) is 13.6 Å². The number of nitrogens with zero attached hydrogens (tertiary/aromatic N) is 1. The summed E-state index contributed by atoms with van der Waals surface area (Å²) in [6, 6.07) is 15.9. The van der Waals surface area contributed by atoms with E-state index >= 15 is 0 Å². The molecule has 0 aliphatic rings. The average Bonchev–Trinajstić information content (AvgIpc) is 2.62. The summed E-state index contributed by atoms with van der Waals surface area (Å²) in [6.07, 6.45) is 1.44. The topological polar surface area (TPSA) is 42.0 Å². The van der Waals surface area contributed by atoms with Gasteiger partial charge in [-0.25, -0.2) is 9.37 Å². The van der Waals surface area contributed by atoms with E-state index in [1.54, 1.807) is 18.2 Å². The molecular weight excluding hydrogens is 358 g/mol. The van der Waals surface area contributed by atoms with Crippen LogP contribution in [0.5, 0.6) is 0 Å². The third-order valence-corrected chi connectivity index (χ3v) is 4.71. The number of carbonyl (C=O) groups is 1. The first-order valence-electron chi connectivity index (χ1n) is 9.38. The Morgan fingerprint density at radius 2 is 1.82 bits per heavy atom. The molecule has 28 heavy (non-hydrogen) atoms. The molecule has 0 aliphatic carbocycles. The fourth-order valence-electron chi connectivity index (χ4n) is 3.79. The van der Waals surface area contributed by atoms with Crippen molar-refractivity contribution in [1.29, 1.82) is 0 Å². The highest BCUT2D eigenvalue weighted by atomic mass is 19.2. The average molecular weight is 382 g/mol. The highest BCUT2D eigenvalue weighted by molar-refractivity contribution is 6.05. The number of pyridine rings is 1. The fraction of sp³-hybridized carbons (Fsp3) is 0.304. The first-order valence-corrected chi connectivity index (χ1v) is 9.38. The number of carbonyl (C=O) groups excluding carboxylic acids is 1. The zero-order valence-electron chi connectivity index (χ0n) is 16.3. The molecule has 146 valence electrons. The van der Waals surface area contributed by atoms with Crippen molar-refractivity contribution in [2.24, 2.45) is 5.92 Å². The molecule has 0 aliphatic heterocycles. The van der Waals surface area contributed by atoms with E-state index in [1.807, 2.05) is 37.3 Å². The Hall–Kier alpha value is -2.82. The van der Waals surface area contributed by atoms with E-state index in [0.717, 1.165) is 18.1 Å². The number of hydrogen-bond acceptors (Lipinski definition) is 2. The number of aromatic nitrogens is 1. The summed E-state index contributed by atoms with van der Waals surface area (Å²) in [4.78, 5) is 16.7. The van der Waals surface area contributed by atoms with Crippen LogP contribution in [-0.2, 0) is 6.42 Å². The summed E-state index contributed by atoms with van der Waals surface area (Å²) in [5.41, 5.74) is 1.02. The van der Waals surface area contributed by atoms with Gasteiger partial charge in [-0.1, -0.05) is 56.3 Å². The van der Waals surface area contributed by atoms with Crippen LogP contribution < -0.4 is 5.32 Å². The Bertz CT molecular complexity index is 989. The highest BCUT2D eigenvalue weighted by Gasteiger charge is 2.29. The van der Waals surface area contributed by atoms with Gasteiger partial charge in [0.05, 0.1) is 11.1 Å². The first-order chi connectivity index (χ1) is 13.3. The number of benzene rings is 2. The van der Waals surface area contributed by atoms with Gasteiger partial charge < -0.3 is 5.32 Å². The minimum absolute atomic E-state index is 0.158. The second kappa shape index (κ2) is 8.05. The molecule has 1 atom stereocenters. The number of rotatable bonds is 6. The van der Waals surface area contributed by atoms with Crippen LogP contribution in [0.4, 0.5) is 8.78 Å². The Kier molecular flexibility index (Phi) is 5.73. The Morgan fingerprint density at radius 1 is 1.11 bits per heavy atom. The molecule has 3 rings (SSSR count). The molecule has 3 nitrogen and oxygen atoms in total. The van der Waals surface area contributed by atoms with Gasteiger partial charge >= 0.3 is 0 Å². The number of hydrogen-bond donors (Lipinski definition) is 1. The number of para-hydroxylation sites is 1. The smallest absolute Gasteiger partial charge is 0.253 e. The second-order valence-corrected chi connectivity index (χ2v) is 7.91. The predicted molar refractivity (Wildman–Crippen MR) is 107 cm³/mol. The van der Waals surface area contributed by atoms with Gasteiger partial charge in [-0.3, -0.25) is 4.79 Å². The molecular formula is C23H24F2N2O. The number of nitrogens with one attached hydrogen (secondary N) is 1. The molecule has 1 aromatic heterocycles. The van der Waals surface area contributed by atoms with Crippen molar-refractivity contribution in [3.8, 4) is 0 Å². The van der Waals surface area contributed by atoms with Crippen molar-refractivity contribution in [2.45, 2.75) is 39.2 Å². The maximum atomic E-state index is 13.7. The van der Waals surface area contributed by atoms with Crippen molar-refractivity contribution in [3.63, 3.8) is 0 Å². The lowest BCUT2D eigenvalue weighted by molar-refractivity contribution is 0.0895. The predicted octanol–water partition coefficient (Wildman–Crippen LogP) is 5.29. The highest BCUT2D eigenvalue weighted by Crippen LogP contribution is 2.24. The first kappa shape index (κ1) is 19.9. The van der Waals surface area contributed by atoms with E-state index in [0.29, 0.717) is 17.7 Å². The largest absolute Gasteiger partial charge is 0.346 e. The number of halogens is 2. The normalized spacial score (nSPS) is 13.5. The van der Waals surface area contributed by atoms with Crippen LogP contribution in [0.25, 0.3) is 10.9 Å². The van der Waals surface area contributed by atoms with Gasteiger partial charge in [0.2, 0.25) is 5.95 Å². The maximum Gasteiger partial charge on any atom is 0.253 e. The van der Waals surface area contributed by atoms with Crippen LogP contribution in [0.1, 0.15) is 43.1 Å². The molecule has 0 fully saturated rings.